The molecule has 3 N–H and O–H groups in total. The van der Waals surface area contributed by atoms with Crippen molar-refractivity contribution in [2.24, 2.45) is 5.92 Å². The number of nitrogens with one attached hydrogen (secondary N) is 1. The summed E-state index contributed by atoms with van der Waals surface area (Å²) in [6, 6.07) is 9.30. The lowest BCUT2D eigenvalue weighted by Gasteiger charge is -2.39. The van der Waals surface area contributed by atoms with Crippen LogP contribution in [0.2, 0.25) is 0 Å². The zero-order valence-corrected chi connectivity index (χ0v) is 18.5. The zero-order valence-electron chi connectivity index (χ0n) is 18.5. The summed E-state index contributed by atoms with van der Waals surface area (Å²) in [4.78, 5) is 1.73. The SMILES string of the molecule is CC[NH+](CC)CCC[NH2+]CC[C@H](c1ccc(C)cc1)[C@@H]1CCOC(C)(C)C1. The molecule has 1 aromatic carbocycles. The third-order valence-corrected chi connectivity index (χ3v) is 6.43. The molecular weight excluding hydrogens is 332 g/mol. The summed E-state index contributed by atoms with van der Waals surface area (Å²) < 4.78 is 5.99. The van der Waals surface area contributed by atoms with Crippen LogP contribution >= 0.6 is 0 Å². The lowest BCUT2D eigenvalue weighted by atomic mass is 9.75. The normalized spacial score (nSPS) is 20.7. The van der Waals surface area contributed by atoms with Crippen LogP contribution in [0, 0.1) is 12.8 Å². The van der Waals surface area contributed by atoms with Crippen molar-refractivity contribution >= 4 is 0 Å². The highest BCUT2D eigenvalue weighted by atomic mass is 16.5. The maximum Gasteiger partial charge on any atom is 0.0825 e. The van der Waals surface area contributed by atoms with Crippen molar-refractivity contribution in [3.05, 3.63) is 35.4 Å². The fraction of sp³-hybridized carbons (Fsp3) is 0.750. The van der Waals surface area contributed by atoms with Crippen molar-refractivity contribution in [2.75, 3.05) is 39.3 Å². The van der Waals surface area contributed by atoms with Gasteiger partial charge in [-0.25, -0.2) is 0 Å². The van der Waals surface area contributed by atoms with Gasteiger partial charge in [0, 0.05) is 19.4 Å². The molecule has 1 aliphatic heterocycles. The van der Waals surface area contributed by atoms with Gasteiger partial charge in [-0.05, 0) is 64.9 Å². The molecule has 0 aliphatic carbocycles. The van der Waals surface area contributed by atoms with Gasteiger partial charge in [-0.15, -0.1) is 0 Å². The van der Waals surface area contributed by atoms with Gasteiger partial charge >= 0.3 is 0 Å². The molecule has 2 rings (SSSR count). The van der Waals surface area contributed by atoms with Crippen LogP contribution in [-0.2, 0) is 4.74 Å². The first kappa shape index (κ1) is 22.4. The number of quaternary nitrogens is 2. The summed E-state index contributed by atoms with van der Waals surface area (Å²) in [5, 5.41) is 2.55. The summed E-state index contributed by atoms with van der Waals surface area (Å²) in [5.74, 6) is 1.41. The Morgan fingerprint density at radius 3 is 2.48 bits per heavy atom. The molecule has 3 heteroatoms. The van der Waals surface area contributed by atoms with Gasteiger partial charge in [0.2, 0.25) is 0 Å². The molecule has 1 aliphatic rings. The standard InChI is InChI=1S/C24H42N2O/c1-6-26(7-2)17-8-15-25-16-13-23(21-11-9-20(3)10-12-21)22-14-18-27-24(4,5)19-22/h9-12,22-23,25H,6-8,13-19H2,1-5H3/p+2/t22-,23-/m1/s1. The number of aryl methyl sites for hydroxylation is 1. The molecule has 0 bridgehead atoms. The second kappa shape index (κ2) is 11.2. The largest absolute Gasteiger partial charge is 0.376 e. The topological polar surface area (TPSA) is 30.3 Å². The Bertz CT molecular complexity index is 522. The third-order valence-electron chi connectivity index (χ3n) is 6.43. The van der Waals surface area contributed by atoms with E-state index in [4.69, 9.17) is 4.74 Å². The van der Waals surface area contributed by atoms with Gasteiger partial charge in [-0.2, -0.15) is 0 Å². The van der Waals surface area contributed by atoms with Crippen LogP contribution in [0.4, 0.5) is 0 Å². The maximum atomic E-state index is 5.99. The number of hydrogen-bond donors (Lipinski definition) is 2. The monoisotopic (exact) mass is 376 g/mol. The van der Waals surface area contributed by atoms with E-state index >= 15 is 0 Å². The van der Waals surface area contributed by atoms with E-state index in [9.17, 15) is 0 Å². The van der Waals surface area contributed by atoms with E-state index in [1.54, 1.807) is 4.90 Å². The highest BCUT2D eigenvalue weighted by Gasteiger charge is 2.34. The highest BCUT2D eigenvalue weighted by molar-refractivity contribution is 5.25. The molecule has 27 heavy (non-hydrogen) atoms. The van der Waals surface area contributed by atoms with Crippen LogP contribution in [0.5, 0.6) is 0 Å². The molecule has 154 valence electrons. The first-order chi connectivity index (χ1) is 12.9. The van der Waals surface area contributed by atoms with Crippen LogP contribution in [0.25, 0.3) is 0 Å². The highest BCUT2D eigenvalue weighted by Crippen LogP contribution is 2.39. The molecule has 1 heterocycles. The van der Waals surface area contributed by atoms with E-state index < -0.39 is 0 Å². The van der Waals surface area contributed by atoms with E-state index in [1.807, 2.05) is 0 Å². The number of hydrogen-bond acceptors (Lipinski definition) is 1. The number of nitrogens with two attached hydrogens (primary N) is 1. The molecule has 0 spiro atoms. The van der Waals surface area contributed by atoms with Crippen molar-refractivity contribution in [1.29, 1.82) is 0 Å². The quantitative estimate of drug-likeness (QED) is 0.571. The van der Waals surface area contributed by atoms with Crippen LogP contribution in [0.1, 0.15) is 70.4 Å². The Kier molecular flexibility index (Phi) is 9.28. The molecule has 3 nitrogen and oxygen atoms in total. The molecule has 1 fully saturated rings. The van der Waals surface area contributed by atoms with Gasteiger partial charge in [0.1, 0.15) is 0 Å². The predicted molar refractivity (Wildman–Crippen MR) is 114 cm³/mol. The fourth-order valence-electron chi connectivity index (χ4n) is 4.65. The second-order valence-electron chi connectivity index (χ2n) is 9.09. The molecule has 1 aromatic rings. The van der Waals surface area contributed by atoms with Crippen LogP contribution in [0.15, 0.2) is 24.3 Å². The van der Waals surface area contributed by atoms with Gasteiger partial charge in [0.15, 0.2) is 0 Å². The molecule has 1 saturated heterocycles. The molecule has 0 unspecified atom stereocenters. The average molecular weight is 377 g/mol. The van der Waals surface area contributed by atoms with Gasteiger partial charge < -0.3 is 15.0 Å². The minimum atomic E-state index is 0.0299. The van der Waals surface area contributed by atoms with E-state index in [-0.39, 0.29) is 5.60 Å². The summed E-state index contributed by atoms with van der Waals surface area (Å²) in [5.41, 5.74) is 2.92. The Balaban J connectivity index is 1.88. The van der Waals surface area contributed by atoms with E-state index in [2.05, 4.69) is 64.2 Å². The van der Waals surface area contributed by atoms with Crippen molar-refractivity contribution in [2.45, 2.75) is 71.8 Å². The molecular formula is C24H44N2O+2. The minimum Gasteiger partial charge on any atom is -0.376 e. The van der Waals surface area contributed by atoms with E-state index in [0.717, 1.165) is 12.5 Å². The lowest BCUT2D eigenvalue weighted by Crippen LogP contribution is -3.11. The molecule has 2 atom stereocenters. The fourth-order valence-corrected chi connectivity index (χ4v) is 4.65. The number of benzene rings is 1. The van der Waals surface area contributed by atoms with Gasteiger partial charge in [0.05, 0.1) is 38.3 Å². The van der Waals surface area contributed by atoms with E-state index in [0.29, 0.717) is 5.92 Å². The van der Waals surface area contributed by atoms with Crippen molar-refractivity contribution in [3.63, 3.8) is 0 Å². The number of ether oxygens (including phenoxy) is 1. The Morgan fingerprint density at radius 1 is 1.15 bits per heavy atom. The molecule has 0 amide bonds. The lowest BCUT2D eigenvalue weighted by molar-refractivity contribution is -0.898. The van der Waals surface area contributed by atoms with Crippen molar-refractivity contribution in [1.82, 2.24) is 0 Å². The average Bonchev–Trinajstić information content (AvgIpc) is 2.64. The van der Waals surface area contributed by atoms with Gasteiger partial charge in [0.25, 0.3) is 0 Å². The van der Waals surface area contributed by atoms with Crippen LogP contribution < -0.4 is 10.2 Å². The summed E-state index contributed by atoms with van der Waals surface area (Å²) in [6.45, 7) is 18.5. The summed E-state index contributed by atoms with van der Waals surface area (Å²) in [6.07, 6.45) is 4.99. The molecule has 0 radical (unpaired) electrons. The van der Waals surface area contributed by atoms with Gasteiger partial charge in [-0.3, -0.25) is 0 Å². The first-order valence-electron chi connectivity index (χ1n) is 11.3. The first-order valence-corrected chi connectivity index (χ1v) is 11.3. The number of rotatable bonds is 11. The van der Waals surface area contributed by atoms with Crippen LogP contribution in [-0.4, -0.2) is 44.9 Å². The van der Waals surface area contributed by atoms with Crippen LogP contribution in [0.3, 0.4) is 0 Å². The minimum absolute atomic E-state index is 0.0299. The van der Waals surface area contributed by atoms with Crippen molar-refractivity contribution in [3.8, 4) is 0 Å². The summed E-state index contributed by atoms with van der Waals surface area (Å²) in [7, 11) is 0. The zero-order chi connectivity index (χ0) is 19.7. The third kappa shape index (κ3) is 7.56. The van der Waals surface area contributed by atoms with E-state index in [1.165, 1.54) is 69.5 Å². The maximum absolute atomic E-state index is 5.99. The summed E-state index contributed by atoms with van der Waals surface area (Å²) >= 11 is 0. The predicted octanol–water partition coefficient (Wildman–Crippen LogP) is 2.55. The second-order valence-corrected chi connectivity index (χ2v) is 9.09. The van der Waals surface area contributed by atoms with Gasteiger partial charge in [-0.1, -0.05) is 29.8 Å². The Morgan fingerprint density at radius 2 is 1.85 bits per heavy atom. The Hall–Kier alpha value is -0.900. The smallest absolute Gasteiger partial charge is 0.0825 e. The molecule has 0 saturated carbocycles. The van der Waals surface area contributed by atoms with Crippen molar-refractivity contribution < 1.29 is 15.0 Å². The Labute approximate surface area is 167 Å². The molecule has 0 aromatic heterocycles.